The highest BCUT2D eigenvalue weighted by Crippen LogP contribution is 2.41. The van der Waals surface area contributed by atoms with E-state index in [-0.39, 0.29) is 12.3 Å². The fourth-order valence-electron chi connectivity index (χ4n) is 4.58. The first-order valence-corrected chi connectivity index (χ1v) is 12.0. The molecule has 9 heteroatoms. The molecule has 1 aliphatic heterocycles. The molecular formula is C27H25ClF2N4O2. The molecule has 2 aromatic rings. The van der Waals surface area contributed by atoms with Crippen LogP contribution in [-0.4, -0.2) is 46.2 Å². The second-order valence-electron chi connectivity index (χ2n) is 9.03. The smallest absolute Gasteiger partial charge is 0.268 e. The molecule has 4 rings (SSSR count). The lowest BCUT2D eigenvalue weighted by Gasteiger charge is -2.30. The molecule has 1 saturated heterocycles. The molecule has 6 nitrogen and oxygen atoms in total. The summed E-state index contributed by atoms with van der Waals surface area (Å²) in [5.41, 5.74) is 0.205. The zero-order chi connectivity index (χ0) is 25.9. The number of carbonyl (C=O) groups excluding carboxylic acids is 2. The van der Waals surface area contributed by atoms with Crippen LogP contribution in [0.2, 0.25) is 0 Å². The summed E-state index contributed by atoms with van der Waals surface area (Å²) < 4.78 is 28.1. The third kappa shape index (κ3) is 5.31. The van der Waals surface area contributed by atoms with E-state index in [1.54, 1.807) is 19.1 Å². The zero-order valence-electron chi connectivity index (χ0n) is 19.7. The molecule has 186 valence electrons. The Labute approximate surface area is 212 Å². The van der Waals surface area contributed by atoms with Crippen molar-refractivity contribution in [3.8, 4) is 6.07 Å². The van der Waals surface area contributed by atoms with Gasteiger partial charge in [0.15, 0.2) is 0 Å². The van der Waals surface area contributed by atoms with Gasteiger partial charge in [-0.1, -0.05) is 48.9 Å². The molecule has 2 atom stereocenters. The minimum Gasteiger partial charge on any atom is -0.343 e. The van der Waals surface area contributed by atoms with E-state index in [9.17, 15) is 23.6 Å². The highest BCUT2D eigenvalue weighted by molar-refractivity contribution is 6.31. The molecule has 0 radical (unpaired) electrons. The van der Waals surface area contributed by atoms with E-state index in [4.69, 9.17) is 11.6 Å². The average molecular weight is 511 g/mol. The summed E-state index contributed by atoms with van der Waals surface area (Å²) in [5.74, 6) is -4.18. The number of nitrogens with zero attached hydrogens (tertiary/aromatic N) is 3. The summed E-state index contributed by atoms with van der Waals surface area (Å²) in [6.45, 7) is 0.260. The minimum atomic E-state index is -3.15. The van der Waals surface area contributed by atoms with Gasteiger partial charge in [-0.2, -0.15) is 5.26 Å². The van der Waals surface area contributed by atoms with Gasteiger partial charge in [0, 0.05) is 23.0 Å². The fourth-order valence-corrected chi connectivity index (χ4v) is 4.75. The van der Waals surface area contributed by atoms with E-state index in [0.717, 1.165) is 21.9 Å². The van der Waals surface area contributed by atoms with E-state index < -0.39 is 42.8 Å². The number of benzene rings is 1. The number of hydrogen-bond acceptors (Lipinski definition) is 4. The molecule has 0 bridgehead atoms. The zero-order valence-corrected chi connectivity index (χ0v) is 20.4. The van der Waals surface area contributed by atoms with Crippen molar-refractivity contribution in [2.45, 2.75) is 37.6 Å². The molecule has 1 aliphatic carbocycles. The van der Waals surface area contributed by atoms with Crippen molar-refractivity contribution in [1.82, 2.24) is 15.2 Å². The lowest BCUT2D eigenvalue weighted by molar-refractivity contribution is -0.133. The molecule has 1 N–H and O–H groups in total. The van der Waals surface area contributed by atoms with Crippen molar-refractivity contribution >= 4 is 40.4 Å². The van der Waals surface area contributed by atoms with Gasteiger partial charge in [0.1, 0.15) is 5.54 Å². The number of alkyl halides is 2. The highest BCUT2D eigenvalue weighted by atomic mass is 35.5. The fraction of sp³-hybridized carbons (Fsp3) is 0.333. The van der Waals surface area contributed by atoms with Gasteiger partial charge in [-0.3, -0.25) is 14.6 Å². The quantitative estimate of drug-likeness (QED) is 0.577. The highest BCUT2D eigenvalue weighted by Gasteiger charge is 2.56. The molecule has 2 amide bonds. The van der Waals surface area contributed by atoms with E-state index in [2.05, 4.69) is 10.3 Å². The second kappa shape index (κ2) is 10.2. The number of nitrogens with one attached hydrogen (secondary N) is 1. The number of likely N-dealkylation sites (tertiary alicyclic amines) is 1. The minimum absolute atomic E-state index is 0.0735. The molecule has 1 fully saturated rings. The first kappa shape index (κ1) is 25.5. The third-order valence-corrected chi connectivity index (χ3v) is 6.87. The average Bonchev–Trinajstić information content (AvgIpc) is 3.17. The van der Waals surface area contributed by atoms with Crippen LogP contribution in [0.5, 0.6) is 0 Å². The molecule has 2 unspecified atom stereocenters. The Hall–Kier alpha value is -3.57. The van der Waals surface area contributed by atoms with Crippen LogP contribution >= 0.6 is 11.6 Å². The van der Waals surface area contributed by atoms with E-state index in [1.807, 2.05) is 48.6 Å². The van der Waals surface area contributed by atoms with Gasteiger partial charge in [-0.25, -0.2) is 8.78 Å². The summed E-state index contributed by atoms with van der Waals surface area (Å²) in [5, 5.41) is 13.4. The summed E-state index contributed by atoms with van der Waals surface area (Å²) >= 11 is 5.97. The Kier molecular flexibility index (Phi) is 7.23. The Balaban J connectivity index is 1.49. The van der Waals surface area contributed by atoms with Crippen LogP contribution in [0.1, 0.15) is 42.1 Å². The van der Waals surface area contributed by atoms with Gasteiger partial charge in [0.2, 0.25) is 5.91 Å². The molecule has 2 aliphatic rings. The van der Waals surface area contributed by atoms with Crippen molar-refractivity contribution in [1.29, 1.82) is 5.26 Å². The Morgan fingerprint density at radius 3 is 2.86 bits per heavy atom. The predicted octanol–water partition coefficient (Wildman–Crippen LogP) is 5.22. The molecule has 0 saturated carbocycles. The van der Waals surface area contributed by atoms with Gasteiger partial charge in [-0.05, 0) is 48.6 Å². The number of pyridine rings is 1. The number of nitriles is 1. The maximum Gasteiger partial charge on any atom is 0.268 e. The summed E-state index contributed by atoms with van der Waals surface area (Å²) in [4.78, 5) is 30.9. The largest absolute Gasteiger partial charge is 0.343 e. The van der Waals surface area contributed by atoms with Crippen LogP contribution in [-0.2, 0) is 4.79 Å². The van der Waals surface area contributed by atoms with E-state index >= 15 is 0 Å². The maximum atomic E-state index is 14.0. The molecule has 1 aromatic heterocycles. The monoisotopic (exact) mass is 510 g/mol. The number of fused-ring (bicyclic) bond motifs is 1. The molecule has 36 heavy (non-hydrogen) atoms. The van der Waals surface area contributed by atoms with Crippen LogP contribution < -0.4 is 5.32 Å². The SMILES string of the molecule is CCC1(C#N)CC(F)(F)CN1C(=O)CNC(=O)c1ccnc2ccc(/C=C/C3C=CC(Cl)=CC3)cc12. The van der Waals surface area contributed by atoms with Crippen LogP contribution in [0, 0.1) is 17.2 Å². The van der Waals surface area contributed by atoms with Gasteiger partial charge >= 0.3 is 0 Å². The van der Waals surface area contributed by atoms with E-state index in [1.165, 1.54) is 6.20 Å². The predicted molar refractivity (Wildman–Crippen MR) is 134 cm³/mol. The van der Waals surface area contributed by atoms with Crippen molar-refractivity contribution in [3.05, 3.63) is 70.9 Å². The summed E-state index contributed by atoms with van der Waals surface area (Å²) in [6.07, 6.45) is 11.5. The first-order valence-electron chi connectivity index (χ1n) is 11.6. The number of halogens is 3. The van der Waals surface area contributed by atoms with Crippen LogP contribution in [0.15, 0.2) is 59.8 Å². The van der Waals surface area contributed by atoms with E-state index in [0.29, 0.717) is 16.5 Å². The van der Waals surface area contributed by atoms with Crippen molar-refractivity contribution in [3.63, 3.8) is 0 Å². The van der Waals surface area contributed by atoms with Gasteiger partial charge in [0.05, 0.1) is 30.2 Å². The molecule has 1 aromatic carbocycles. The molecular weight excluding hydrogens is 486 g/mol. The standard InChI is InChI=1S/C27H25ClF2N4O2/c1-2-26(16-31)15-27(29,30)17-34(26)24(35)14-33-25(36)21-11-12-32-23-10-7-19(13-22(21)23)4-3-18-5-8-20(28)9-6-18/h3-5,7-13,18H,2,6,14-15,17H2,1H3,(H,33,36)/b4-3+. The van der Waals surface area contributed by atoms with Gasteiger partial charge < -0.3 is 10.2 Å². The van der Waals surface area contributed by atoms with Crippen LogP contribution in [0.3, 0.4) is 0 Å². The van der Waals surface area contributed by atoms with Crippen molar-refractivity contribution in [2.24, 2.45) is 5.92 Å². The van der Waals surface area contributed by atoms with Crippen molar-refractivity contribution < 1.29 is 18.4 Å². The van der Waals surface area contributed by atoms with Gasteiger partial charge in [-0.15, -0.1) is 0 Å². The van der Waals surface area contributed by atoms with Crippen molar-refractivity contribution in [2.75, 3.05) is 13.1 Å². The molecule has 2 heterocycles. The number of rotatable bonds is 6. The number of amides is 2. The van der Waals surface area contributed by atoms with Crippen LogP contribution in [0.4, 0.5) is 8.78 Å². The number of hydrogen-bond donors (Lipinski definition) is 1. The summed E-state index contributed by atoms with van der Waals surface area (Å²) in [6, 6.07) is 8.97. The second-order valence-corrected chi connectivity index (χ2v) is 9.47. The lowest BCUT2D eigenvalue weighted by Crippen LogP contribution is -2.49. The number of aromatic nitrogens is 1. The normalized spacial score (nSPS) is 23.0. The third-order valence-electron chi connectivity index (χ3n) is 6.59. The Morgan fingerprint density at radius 2 is 2.17 bits per heavy atom. The number of allylic oxidation sites excluding steroid dienone is 5. The first-order chi connectivity index (χ1) is 17.2. The Morgan fingerprint density at radius 1 is 1.36 bits per heavy atom. The maximum absolute atomic E-state index is 14.0. The topological polar surface area (TPSA) is 86.1 Å². The Bertz CT molecular complexity index is 1330. The van der Waals surface area contributed by atoms with Gasteiger partial charge in [0.25, 0.3) is 11.8 Å². The molecule has 0 spiro atoms. The summed E-state index contributed by atoms with van der Waals surface area (Å²) in [7, 11) is 0. The lowest BCUT2D eigenvalue weighted by atomic mass is 9.94. The number of carbonyl (C=O) groups is 2. The van der Waals surface area contributed by atoms with Crippen LogP contribution in [0.25, 0.3) is 17.0 Å².